The van der Waals surface area contributed by atoms with Crippen LogP contribution in [0.25, 0.3) is 10.8 Å². The molecule has 0 unspecified atom stereocenters. The molecule has 0 saturated carbocycles. The minimum Gasteiger partial charge on any atom is -0.325 e. The molecule has 4 aromatic rings. The Morgan fingerprint density at radius 2 is 1.52 bits per heavy atom. The van der Waals surface area contributed by atoms with Crippen LogP contribution in [0.5, 0.6) is 0 Å². The molecule has 162 valence electrons. The third kappa shape index (κ3) is 3.67. The lowest BCUT2D eigenvalue weighted by Crippen LogP contribution is -2.40. The van der Waals surface area contributed by atoms with Gasteiger partial charge >= 0.3 is 0 Å². The van der Waals surface area contributed by atoms with Gasteiger partial charge in [0.05, 0.1) is 16.4 Å². The fourth-order valence-corrected chi connectivity index (χ4v) is 5.23. The van der Waals surface area contributed by atoms with E-state index in [1.165, 1.54) is 18.7 Å². The van der Waals surface area contributed by atoms with Crippen molar-refractivity contribution in [3.8, 4) is 0 Å². The van der Waals surface area contributed by atoms with Gasteiger partial charge in [0, 0.05) is 33.2 Å². The van der Waals surface area contributed by atoms with Crippen molar-refractivity contribution >= 4 is 63.2 Å². The number of imide groups is 1. The zero-order valence-corrected chi connectivity index (χ0v) is 19.0. The van der Waals surface area contributed by atoms with E-state index in [4.69, 9.17) is 11.6 Å². The van der Waals surface area contributed by atoms with Crippen LogP contribution >= 0.6 is 23.4 Å². The molecule has 5 rings (SSSR count). The maximum Gasteiger partial charge on any atom is 0.266 e. The Morgan fingerprint density at radius 3 is 2.27 bits per heavy atom. The van der Waals surface area contributed by atoms with Gasteiger partial charge in [-0.2, -0.15) is 0 Å². The first-order valence-corrected chi connectivity index (χ1v) is 11.4. The summed E-state index contributed by atoms with van der Waals surface area (Å²) in [5.41, 5.74) is 1.95. The van der Waals surface area contributed by atoms with Gasteiger partial charge in [-0.3, -0.25) is 14.4 Å². The van der Waals surface area contributed by atoms with E-state index in [-0.39, 0.29) is 5.91 Å². The van der Waals surface area contributed by atoms with Gasteiger partial charge in [-0.1, -0.05) is 59.8 Å². The number of carbonyl (C=O) groups excluding carboxylic acids is 3. The highest BCUT2D eigenvalue weighted by molar-refractivity contribution is 7.99. The minimum atomic E-state index is -0.410. The van der Waals surface area contributed by atoms with E-state index in [1.807, 2.05) is 42.5 Å². The van der Waals surface area contributed by atoms with Gasteiger partial charge in [0.1, 0.15) is 0 Å². The molecule has 1 aliphatic rings. The van der Waals surface area contributed by atoms with Crippen LogP contribution in [0.1, 0.15) is 27.6 Å². The van der Waals surface area contributed by atoms with Crippen molar-refractivity contribution in [2.75, 3.05) is 10.2 Å². The van der Waals surface area contributed by atoms with Crippen LogP contribution < -0.4 is 10.2 Å². The van der Waals surface area contributed by atoms with Gasteiger partial charge in [0.15, 0.2) is 0 Å². The lowest BCUT2D eigenvalue weighted by atomic mass is 9.93. The summed E-state index contributed by atoms with van der Waals surface area (Å²) in [6.07, 6.45) is 0. The number of hydrogen-bond donors (Lipinski definition) is 1. The van der Waals surface area contributed by atoms with Gasteiger partial charge in [-0.15, -0.1) is 0 Å². The van der Waals surface area contributed by atoms with Crippen molar-refractivity contribution in [3.63, 3.8) is 0 Å². The second-order valence-corrected chi connectivity index (χ2v) is 9.01. The summed E-state index contributed by atoms with van der Waals surface area (Å²) in [7, 11) is 0. The summed E-state index contributed by atoms with van der Waals surface area (Å²) in [6, 6.07) is 23.4. The smallest absolute Gasteiger partial charge is 0.266 e. The maximum absolute atomic E-state index is 13.4. The van der Waals surface area contributed by atoms with Crippen LogP contribution in [0.2, 0.25) is 5.02 Å². The van der Waals surface area contributed by atoms with Crippen LogP contribution in [0, 0.1) is 0 Å². The van der Waals surface area contributed by atoms with Crippen LogP contribution in [0.4, 0.5) is 11.4 Å². The van der Waals surface area contributed by atoms with Crippen molar-refractivity contribution in [1.82, 2.24) is 0 Å². The normalized spacial score (nSPS) is 12.8. The number of rotatable bonds is 4. The summed E-state index contributed by atoms with van der Waals surface area (Å²) in [5.74, 6) is -0.977. The highest BCUT2D eigenvalue weighted by atomic mass is 35.5. The average Bonchev–Trinajstić information content (AvgIpc) is 2.80. The SMILES string of the molecule is CC(=O)Nc1ccccc1Sc1ccc2c3c(cccc13)C(=O)N(c1ccccc1Cl)C2=O. The molecule has 33 heavy (non-hydrogen) atoms. The molecular formula is C26H17ClN2O3S. The van der Waals surface area contributed by atoms with E-state index >= 15 is 0 Å². The average molecular weight is 473 g/mol. The van der Waals surface area contributed by atoms with Crippen molar-refractivity contribution in [2.24, 2.45) is 0 Å². The zero-order valence-electron chi connectivity index (χ0n) is 17.5. The van der Waals surface area contributed by atoms with Gasteiger partial charge < -0.3 is 5.32 Å². The highest BCUT2D eigenvalue weighted by Gasteiger charge is 2.35. The van der Waals surface area contributed by atoms with Gasteiger partial charge in [0.2, 0.25) is 5.91 Å². The Hall–Kier alpha value is -3.61. The minimum absolute atomic E-state index is 0.157. The van der Waals surface area contributed by atoms with Crippen molar-refractivity contribution in [2.45, 2.75) is 16.7 Å². The third-order valence-corrected chi connectivity index (χ3v) is 6.85. The molecular weight excluding hydrogens is 456 g/mol. The molecule has 5 nitrogen and oxygen atoms in total. The molecule has 0 bridgehead atoms. The molecule has 0 aromatic heterocycles. The number of anilines is 2. The number of halogens is 1. The first-order chi connectivity index (χ1) is 16.0. The first-order valence-electron chi connectivity index (χ1n) is 10.2. The Kier molecular flexibility index (Phi) is 5.40. The molecule has 0 radical (unpaired) electrons. The summed E-state index contributed by atoms with van der Waals surface area (Å²) >= 11 is 7.77. The number of nitrogens with one attached hydrogen (secondary N) is 1. The Morgan fingerprint density at radius 1 is 0.818 bits per heavy atom. The molecule has 3 amide bonds. The number of nitrogens with zero attached hydrogens (tertiary/aromatic N) is 1. The third-order valence-electron chi connectivity index (χ3n) is 5.38. The van der Waals surface area contributed by atoms with Crippen molar-refractivity contribution < 1.29 is 14.4 Å². The molecule has 1 heterocycles. The molecule has 0 spiro atoms. The summed E-state index contributed by atoms with van der Waals surface area (Å²) in [6.45, 7) is 1.46. The zero-order chi connectivity index (χ0) is 23.1. The highest BCUT2D eigenvalue weighted by Crippen LogP contribution is 2.42. The second kappa shape index (κ2) is 8.39. The second-order valence-electron chi connectivity index (χ2n) is 7.52. The predicted octanol–water partition coefficient (Wildman–Crippen LogP) is 6.40. The fourth-order valence-electron chi connectivity index (χ4n) is 3.98. The van der Waals surface area contributed by atoms with Crippen LogP contribution in [-0.2, 0) is 4.79 Å². The monoisotopic (exact) mass is 472 g/mol. The van der Waals surface area contributed by atoms with E-state index in [2.05, 4.69) is 5.32 Å². The molecule has 1 aliphatic heterocycles. The Labute approximate surface area is 199 Å². The van der Waals surface area contributed by atoms with E-state index in [0.29, 0.717) is 32.9 Å². The number of hydrogen-bond acceptors (Lipinski definition) is 4. The van der Waals surface area contributed by atoms with E-state index < -0.39 is 11.8 Å². The van der Waals surface area contributed by atoms with Crippen LogP contribution in [0.15, 0.2) is 88.7 Å². The summed E-state index contributed by atoms with van der Waals surface area (Å²) < 4.78 is 0. The summed E-state index contributed by atoms with van der Waals surface area (Å²) in [4.78, 5) is 41.3. The largest absolute Gasteiger partial charge is 0.325 e. The molecule has 0 atom stereocenters. The Balaban J connectivity index is 1.63. The molecule has 7 heteroatoms. The van der Waals surface area contributed by atoms with Crippen LogP contribution in [0.3, 0.4) is 0 Å². The fraction of sp³-hybridized carbons (Fsp3) is 0.0385. The molecule has 4 aromatic carbocycles. The number of carbonyl (C=O) groups is 3. The van der Waals surface area contributed by atoms with Crippen molar-refractivity contribution in [3.05, 3.63) is 95.0 Å². The summed E-state index contributed by atoms with van der Waals surface area (Å²) in [5, 5.41) is 4.60. The van der Waals surface area contributed by atoms with Crippen LogP contribution in [-0.4, -0.2) is 17.7 Å². The van der Waals surface area contributed by atoms with E-state index in [1.54, 1.807) is 36.4 Å². The van der Waals surface area contributed by atoms with E-state index in [9.17, 15) is 14.4 Å². The van der Waals surface area contributed by atoms with Gasteiger partial charge in [-0.25, -0.2) is 4.90 Å². The molecule has 0 aliphatic carbocycles. The first kappa shape index (κ1) is 21.2. The molecule has 0 saturated heterocycles. The topological polar surface area (TPSA) is 66.5 Å². The Bertz CT molecular complexity index is 1450. The molecule has 0 fully saturated rings. The number of benzene rings is 4. The lowest BCUT2D eigenvalue weighted by molar-refractivity contribution is -0.114. The standard InChI is InChI=1S/C26H17ClN2O3S/c1-15(30)28-20-10-3-5-12-23(20)33-22-14-13-18-24-16(22)7-6-8-17(24)25(31)29(26(18)32)21-11-4-2-9-19(21)27/h2-14H,1H3,(H,28,30). The quantitative estimate of drug-likeness (QED) is 0.349. The predicted molar refractivity (Wildman–Crippen MR) is 131 cm³/mol. The number of para-hydroxylation sites is 2. The van der Waals surface area contributed by atoms with E-state index in [0.717, 1.165) is 20.1 Å². The number of amides is 3. The lowest BCUT2D eigenvalue weighted by Gasteiger charge is -2.28. The van der Waals surface area contributed by atoms with Crippen molar-refractivity contribution in [1.29, 1.82) is 0 Å². The van der Waals surface area contributed by atoms with Gasteiger partial charge in [0.25, 0.3) is 11.8 Å². The molecule has 1 N–H and O–H groups in total. The maximum atomic E-state index is 13.4. The van der Waals surface area contributed by atoms with Gasteiger partial charge in [-0.05, 0) is 47.9 Å².